The second-order valence-electron chi connectivity index (χ2n) is 4.69. The summed E-state index contributed by atoms with van der Waals surface area (Å²) in [6.07, 6.45) is 2.95. The number of amides is 1. The number of rotatable bonds is 3. The lowest BCUT2D eigenvalue weighted by atomic mass is 10.0. The lowest BCUT2D eigenvalue weighted by Crippen LogP contribution is -2.17. The van der Waals surface area contributed by atoms with Gasteiger partial charge in [0.05, 0.1) is 4.91 Å². The molecular formula is C14H15NOS2. The number of hydrogen-bond acceptors (Lipinski definition) is 3. The number of carbonyl (C=O) groups excluding carboxylic acids is 1. The van der Waals surface area contributed by atoms with Gasteiger partial charge in [-0.25, -0.2) is 0 Å². The normalized spacial score (nSPS) is 17.6. The van der Waals surface area contributed by atoms with Crippen molar-refractivity contribution in [3.05, 3.63) is 40.3 Å². The molecule has 1 saturated heterocycles. The van der Waals surface area contributed by atoms with E-state index in [9.17, 15) is 4.79 Å². The number of hydrogen-bond donors (Lipinski definition) is 1. The largest absolute Gasteiger partial charge is 0.307 e. The lowest BCUT2D eigenvalue weighted by molar-refractivity contribution is -0.115. The maximum atomic E-state index is 11.5. The van der Waals surface area contributed by atoms with Gasteiger partial charge in [-0.1, -0.05) is 62.1 Å². The van der Waals surface area contributed by atoms with E-state index in [4.69, 9.17) is 12.2 Å². The van der Waals surface area contributed by atoms with E-state index in [0.717, 1.165) is 12.0 Å². The first kappa shape index (κ1) is 13.3. The smallest absolute Gasteiger partial charge is 0.263 e. The number of nitrogens with one attached hydrogen (secondary N) is 1. The van der Waals surface area contributed by atoms with Crippen molar-refractivity contribution in [1.82, 2.24) is 5.32 Å². The molecule has 0 unspecified atom stereocenters. The van der Waals surface area contributed by atoms with Crippen LogP contribution in [0.3, 0.4) is 0 Å². The SMILES string of the molecule is CC(C)Cc1ccc(/C=C2\SC(=S)NC2=O)cc1. The van der Waals surface area contributed by atoms with Gasteiger partial charge in [0.15, 0.2) is 0 Å². The monoisotopic (exact) mass is 277 g/mol. The molecule has 2 rings (SSSR count). The van der Waals surface area contributed by atoms with E-state index in [-0.39, 0.29) is 5.91 Å². The Labute approximate surface area is 117 Å². The van der Waals surface area contributed by atoms with E-state index in [2.05, 4.69) is 31.3 Å². The van der Waals surface area contributed by atoms with Crippen LogP contribution in [-0.4, -0.2) is 10.2 Å². The average Bonchev–Trinajstić information content (AvgIpc) is 2.59. The molecule has 94 valence electrons. The highest BCUT2D eigenvalue weighted by Gasteiger charge is 2.21. The minimum Gasteiger partial charge on any atom is -0.307 e. The third-order valence-electron chi connectivity index (χ3n) is 2.56. The van der Waals surface area contributed by atoms with Crippen molar-refractivity contribution in [2.75, 3.05) is 0 Å². The fourth-order valence-corrected chi connectivity index (χ4v) is 2.84. The second kappa shape index (κ2) is 5.67. The first-order valence-corrected chi connectivity index (χ1v) is 7.11. The Hall–Kier alpha value is -1.13. The van der Waals surface area contributed by atoms with Gasteiger partial charge in [-0.15, -0.1) is 0 Å². The van der Waals surface area contributed by atoms with Crippen LogP contribution in [-0.2, 0) is 11.2 Å². The van der Waals surface area contributed by atoms with Crippen LogP contribution in [0.2, 0.25) is 0 Å². The maximum absolute atomic E-state index is 11.5. The molecule has 0 radical (unpaired) electrons. The number of benzene rings is 1. The zero-order valence-electron chi connectivity index (χ0n) is 10.4. The molecule has 0 aromatic heterocycles. The van der Waals surface area contributed by atoms with E-state index < -0.39 is 0 Å². The lowest BCUT2D eigenvalue weighted by Gasteiger charge is -2.04. The summed E-state index contributed by atoms with van der Waals surface area (Å²) >= 11 is 6.26. The summed E-state index contributed by atoms with van der Waals surface area (Å²) in [5, 5.41) is 2.61. The summed E-state index contributed by atoms with van der Waals surface area (Å²) in [4.78, 5) is 12.2. The summed E-state index contributed by atoms with van der Waals surface area (Å²) < 4.78 is 0.530. The predicted octanol–water partition coefficient (Wildman–Crippen LogP) is 3.37. The van der Waals surface area contributed by atoms with Crippen LogP contribution in [0.5, 0.6) is 0 Å². The molecule has 0 aliphatic carbocycles. The molecule has 0 saturated carbocycles. The molecule has 1 heterocycles. The van der Waals surface area contributed by atoms with Crippen LogP contribution in [0.25, 0.3) is 6.08 Å². The summed E-state index contributed by atoms with van der Waals surface area (Å²) in [5.41, 5.74) is 2.36. The van der Waals surface area contributed by atoms with Gasteiger partial charge in [-0.2, -0.15) is 0 Å². The van der Waals surface area contributed by atoms with Gasteiger partial charge in [0.1, 0.15) is 4.32 Å². The Bertz CT molecular complexity index is 503. The summed E-state index contributed by atoms with van der Waals surface area (Å²) in [6.45, 7) is 4.41. The number of thiocarbonyl (C=S) groups is 1. The molecule has 0 bridgehead atoms. The van der Waals surface area contributed by atoms with Gasteiger partial charge in [-0.3, -0.25) is 4.79 Å². The van der Waals surface area contributed by atoms with Crippen LogP contribution in [0.1, 0.15) is 25.0 Å². The van der Waals surface area contributed by atoms with E-state index in [1.807, 2.05) is 18.2 Å². The van der Waals surface area contributed by atoms with E-state index in [1.54, 1.807) is 0 Å². The van der Waals surface area contributed by atoms with Crippen molar-refractivity contribution in [3.63, 3.8) is 0 Å². The zero-order chi connectivity index (χ0) is 13.1. The van der Waals surface area contributed by atoms with Gasteiger partial charge in [0.25, 0.3) is 5.91 Å². The quantitative estimate of drug-likeness (QED) is 0.678. The van der Waals surface area contributed by atoms with Crippen LogP contribution in [0.15, 0.2) is 29.2 Å². The standard InChI is InChI=1S/C14H15NOS2/c1-9(2)7-10-3-5-11(6-4-10)8-12-13(16)15-14(17)18-12/h3-6,8-9H,7H2,1-2H3,(H,15,16,17)/b12-8-. The fourth-order valence-electron chi connectivity index (χ4n) is 1.79. The van der Waals surface area contributed by atoms with Crippen molar-refractivity contribution < 1.29 is 4.79 Å². The summed E-state index contributed by atoms with van der Waals surface area (Å²) in [7, 11) is 0. The molecule has 4 heteroatoms. The van der Waals surface area contributed by atoms with Gasteiger partial charge < -0.3 is 5.32 Å². The Balaban J connectivity index is 2.13. The van der Waals surface area contributed by atoms with Crippen molar-refractivity contribution in [3.8, 4) is 0 Å². The minimum absolute atomic E-state index is 0.101. The van der Waals surface area contributed by atoms with Gasteiger partial charge in [0, 0.05) is 0 Å². The summed E-state index contributed by atoms with van der Waals surface area (Å²) in [6, 6.07) is 8.31. The van der Waals surface area contributed by atoms with Gasteiger partial charge in [-0.05, 0) is 29.5 Å². The van der Waals surface area contributed by atoms with Crippen LogP contribution >= 0.6 is 24.0 Å². The fraction of sp³-hybridized carbons (Fsp3) is 0.286. The summed E-state index contributed by atoms with van der Waals surface area (Å²) in [5.74, 6) is 0.555. The average molecular weight is 277 g/mol. The minimum atomic E-state index is -0.101. The highest BCUT2D eigenvalue weighted by atomic mass is 32.2. The Morgan fingerprint density at radius 3 is 2.50 bits per heavy atom. The Morgan fingerprint density at radius 2 is 2.00 bits per heavy atom. The van der Waals surface area contributed by atoms with Crippen LogP contribution in [0, 0.1) is 5.92 Å². The molecule has 1 aliphatic rings. The molecule has 1 aromatic carbocycles. The van der Waals surface area contributed by atoms with Crippen molar-refractivity contribution >= 4 is 40.3 Å². The Kier molecular flexibility index (Phi) is 4.19. The molecule has 1 aliphatic heterocycles. The zero-order valence-corrected chi connectivity index (χ0v) is 12.0. The van der Waals surface area contributed by atoms with Gasteiger partial charge in [0.2, 0.25) is 0 Å². The number of carbonyl (C=O) groups is 1. The first-order chi connectivity index (χ1) is 8.54. The molecule has 1 N–H and O–H groups in total. The maximum Gasteiger partial charge on any atom is 0.263 e. The highest BCUT2D eigenvalue weighted by Crippen LogP contribution is 2.25. The van der Waals surface area contributed by atoms with E-state index in [1.165, 1.54) is 17.3 Å². The van der Waals surface area contributed by atoms with E-state index in [0.29, 0.717) is 15.1 Å². The second-order valence-corrected chi connectivity index (χ2v) is 6.41. The van der Waals surface area contributed by atoms with Crippen molar-refractivity contribution in [2.24, 2.45) is 5.92 Å². The van der Waals surface area contributed by atoms with Crippen LogP contribution < -0.4 is 5.32 Å². The topological polar surface area (TPSA) is 29.1 Å². The molecular weight excluding hydrogens is 262 g/mol. The molecule has 1 aromatic rings. The molecule has 0 atom stereocenters. The third-order valence-corrected chi connectivity index (χ3v) is 3.73. The van der Waals surface area contributed by atoms with Crippen molar-refractivity contribution in [1.29, 1.82) is 0 Å². The van der Waals surface area contributed by atoms with Crippen molar-refractivity contribution in [2.45, 2.75) is 20.3 Å². The molecule has 1 amide bonds. The van der Waals surface area contributed by atoms with Crippen LogP contribution in [0.4, 0.5) is 0 Å². The molecule has 18 heavy (non-hydrogen) atoms. The predicted molar refractivity (Wildman–Crippen MR) is 81.3 cm³/mol. The molecule has 1 fully saturated rings. The number of thioether (sulfide) groups is 1. The third kappa shape index (κ3) is 3.43. The van der Waals surface area contributed by atoms with E-state index >= 15 is 0 Å². The molecule has 0 spiro atoms. The van der Waals surface area contributed by atoms with Gasteiger partial charge >= 0.3 is 0 Å². The first-order valence-electron chi connectivity index (χ1n) is 5.88. The molecule has 2 nitrogen and oxygen atoms in total. The Morgan fingerprint density at radius 1 is 1.33 bits per heavy atom. The highest BCUT2D eigenvalue weighted by molar-refractivity contribution is 8.26.